The summed E-state index contributed by atoms with van der Waals surface area (Å²) in [7, 11) is 0. The van der Waals surface area contributed by atoms with E-state index in [1.807, 2.05) is 0 Å². The van der Waals surface area contributed by atoms with Gasteiger partial charge in [-0.1, -0.05) is 75.2 Å². The highest BCUT2D eigenvalue weighted by molar-refractivity contribution is 5.05. The molecule has 5 atom stereocenters. The minimum absolute atomic E-state index is 0.494. The molecule has 0 aliphatic heterocycles. The summed E-state index contributed by atoms with van der Waals surface area (Å²) in [6, 6.07) is 0. The van der Waals surface area contributed by atoms with Crippen LogP contribution >= 0.6 is 0 Å². The topological polar surface area (TPSA) is 0 Å². The molecule has 0 nitrogen and oxygen atoms in total. The highest BCUT2D eigenvalue weighted by Crippen LogP contribution is 2.63. The van der Waals surface area contributed by atoms with Crippen molar-refractivity contribution in [3.05, 3.63) is 0 Å². The lowest BCUT2D eigenvalue weighted by Gasteiger charge is -2.47. The Kier molecular flexibility index (Phi) is 6.40. The number of hydrogen-bond acceptors (Lipinski definition) is 0. The minimum Gasteiger partial charge on any atom is -0.0654 e. The van der Waals surface area contributed by atoms with E-state index < -0.39 is 0 Å². The maximum atomic E-state index is 2.57. The molecule has 0 amide bonds. The molecule has 126 valence electrons. The first kappa shape index (κ1) is 19.0. The molecule has 0 aromatic carbocycles. The molecule has 21 heavy (non-hydrogen) atoms. The zero-order chi connectivity index (χ0) is 16.4. The van der Waals surface area contributed by atoms with E-state index in [0.29, 0.717) is 10.8 Å². The van der Waals surface area contributed by atoms with Crippen LogP contribution < -0.4 is 0 Å². The van der Waals surface area contributed by atoms with Crippen LogP contribution in [0.15, 0.2) is 0 Å². The van der Waals surface area contributed by atoms with Crippen LogP contribution in [-0.4, -0.2) is 0 Å². The van der Waals surface area contributed by atoms with Gasteiger partial charge < -0.3 is 0 Å². The first-order valence-corrected chi connectivity index (χ1v) is 9.60. The van der Waals surface area contributed by atoms with E-state index in [1.54, 1.807) is 0 Å². The van der Waals surface area contributed by atoms with Crippen LogP contribution in [0.4, 0.5) is 0 Å². The Balaban J connectivity index is 2.98. The van der Waals surface area contributed by atoms with Crippen LogP contribution in [0.2, 0.25) is 0 Å². The molecule has 1 rings (SSSR count). The number of hydrogen-bond donors (Lipinski definition) is 0. The van der Waals surface area contributed by atoms with E-state index in [0.717, 1.165) is 29.6 Å². The van der Waals surface area contributed by atoms with Crippen LogP contribution in [0.1, 0.15) is 94.4 Å². The lowest BCUT2D eigenvalue weighted by molar-refractivity contribution is 0.0168. The van der Waals surface area contributed by atoms with Gasteiger partial charge in [0, 0.05) is 0 Å². The maximum Gasteiger partial charge on any atom is -0.0215 e. The standard InChI is InChI=1S/C21H42/c1-10-12-21(15(3)4,17(6)16(5)11-2)19-13-18(19)14-20(7,8)9/h15-19H,10-14H2,1-9H3. The van der Waals surface area contributed by atoms with Gasteiger partial charge in [0.1, 0.15) is 0 Å². The van der Waals surface area contributed by atoms with Crippen molar-refractivity contribution in [1.82, 2.24) is 0 Å². The van der Waals surface area contributed by atoms with Crippen LogP contribution in [0, 0.1) is 40.4 Å². The van der Waals surface area contributed by atoms with E-state index in [9.17, 15) is 0 Å². The fourth-order valence-electron chi connectivity index (χ4n) is 5.23. The minimum atomic E-state index is 0.494. The van der Waals surface area contributed by atoms with Gasteiger partial charge >= 0.3 is 0 Å². The lowest BCUT2D eigenvalue weighted by atomic mass is 9.58. The zero-order valence-corrected chi connectivity index (χ0v) is 16.4. The summed E-state index contributed by atoms with van der Waals surface area (Å²) in [6.45, 7) is 22.1. The molecular weight excluding hydrogens is 252 g/mol. The molecule has 1 saturated carbocycles. The summed E-state index contributed by atoms with van der Waals surface area (Å²) < 4.78 is 0. The SMILES string of the molecule is CCCC(C(C)C)(C(C)C(C)CC)C1CC1CC(C)(C)C. The number of rotatable bonds is 8. The lowest BCUT2D eigenvalue weighted by Crippen LogP contribution is -2.40. The van der Waals surface area contributed by atoms with Gasteiger partial charge in [-0.3, -0.25) is 0 Å². The molecule has 0 bridgehead atoms. The van der Waals surface area contributed by atoms with Gasteiger partial charge in [0.05, 0.1) is 0 Å². The van der Waals surface area contributed by atoms with Crippen molar-refractivity contribution < 1.29 is 0 Å². The molecule has 0 radical (unpaired) electrons. The molecule has 0 N–H and O–H groups in total. The third-order valence-corrected chi connectivity index (χ3v) is 6.59. The van der Waals surface area contributed by atoms with E-state index in [2.05, 4.69) is 62.3 Å². The van der Waals surface area contributed by atoms with Gasteiger partial charge in [-0.05, 0) is 59.7 Å². The van der Waals surface area contributed by atoms with Crippen LogP contribution in [0.5, 0.6) is 0 Å². The Labute approximate surface area is 135 Å². The van der Waals surface area contributed by atoms with E-state index in [-0.39, 0.29) is 0 Å². The molecule has 0 heterocycles. The van der Waals surface area contributed by atoms with Crippen LogP contribution in [-0.2, 0) is 0 Å². The Morgan fingerprint density at radius 1 is 1.00 bits per heavy atom. The zero-order valence-electron chi connectivity index (χ0n) is 16.4. The Hall–Kier alpha value is 0. The van der Waals surface area contributed by atoms with Crippen molar-refractivity contribution in [3.63, 3.8) is 0 Å². The van der Waals surface area contributed by atoms with Gasteiger partial charge in [0.15, 0.2) is 0 Å². The third-order valence-electron chi connectivity index (χ3n) is 6.59. The summed E-state index contributed by atoms with van der Waals surface area (Å²) >= 11 is 0. The fraction of sp³-hybridized carbons (Fsp3) is 1.00. The average Bonchev–Trinajstić information content (AvgIpc) is 3.10. The van der Waals surface area contributed by atoms with Gasteiger partial charge in [-0.2, -0.15) is 0 Å². The highest BCUT2D eigenvalue weighted by atomic mass is 14.6. The summed E-state index contributed by atoms with van der Waals surface area (Å²) in [6.07, 6.45) is 7.02. The Morgan fingerprint density at radius 2 is 1.57 bits per heavy atom. The predicted molar refractivity (Wildman–Crippen MR) is 96.5 cm³/mol. The predicted octanol–water partition coefficient (Wildman–Crippen LogP) is 7.18. The molecule has 1 aliphatic rings. The smallest absolute Gasteiger partial charge is 0.0215 e. The molecule has 5 unspecified atom stereocenters. The van der Waals surface area contributed by atoms with Crippen LogP contribution in [0.25, 0.3) is 0 Å². The fourth-order valence-corrected chi connectivity index (χ4v) is 5.23. The Bertz CT molecular complexity index is 308. The summed E-state index contributed by atoms with van der Waals surface area (Å²) in [5, 5.41) is 0. The van der Waals surface area contributed by atoms with E-state index in [1.165, 1.54) is 32.1 Å². The second kappa shape index (κ2) is 7.05. The summed E-state index contributed by atoms with van der Waals surface area (Å²) in [4.78, 5) is 0. The summed E-state index contributed by atoms with van der Waals surface area (Å²) in [5.74, 6) is 4.51. The van der Waals surface area contributed by atoms with Crippen molar-refractivity contribution >= 4 is 0 Å². The highest BCUT2D eigenvalue weighted by Gasteiger charge is 2.56. The van der Waals surface area contributed by atoms with E-state index in [4.69, 9.17) is 0 Å². The van der Waals surface area contributed by atoms with Crippen molar-refractivity contribution in [2.24, 2.45) is 40.4 Å². The van der Waals surface area contributed by atoms with Crippen LogP contribution in [0.3, 0.4) is 0 Å². The van der Waals surface area contributed by atoms with Crippen molar-refractivity contribution in [1.29, 1.82) is 0 Å². The molecule has 0 spiro atoms. The first-order valence-electron chi connectivity index (χ1n) is 9.60. The van der Waals surface area contributed by atoms with Gasteiger partial charge in [-0.15, -0.1) is 0 Å². The van der Waals surface area contributed by atoms with E-state index >= 15 is 0 Å². The first-order chi connectivity index (χ1) is 9.60. The average molecular weight is 295 g/mol. The molecule has 0 saturated heterocycles. The maximum absolute atomic E-state index is 2.57. The second-order valence-corrected chi connectivity index (χ2v) is 9.56. The van der Waals surface area contributed by atoms with Gasteiger partial charge in [0.2, 0.25) is 0 Å². The van der Waals surface area contributed by atoms with Crippen molar-refractivity contribution in [3.8, 4) is 0 Å². The molecule has 0 aromatic heterocycles. The van der Waals surface area contributed by atoms with Gasteiger partial charge in [0.25, 0.3) is 0 Å². The largest absolute Gasteiger partial charge is 0.0654 e. The van der Waals surface area contributed by atoms with Gasteiger partial charge in [-0.25, -0.2) is 0 Å². The molecule has 0 aromatic rings. The molecular formula is C21H42. The summed E-state index contributed by atoms with van der Waals surface area (Å²) in [5.41, 5.74) is 1.08. The normalized spacial score (nSPS) is 28.3. The quantitative estimate of drug-likeness (QED) is 0.444. The molecule has 0 heteroatoms. The van der Waals surface area contributed by atoms with Crippen molar-refractivity contribution in [2.45, 2.75) is 94.4 Å². The monoisotopic (exact) mass is 294 g/mol. The molecule has 1 fully saturated rings. The Morgan fingerprint density at radius 3 is 1.95 bits per heavy atom. The second-order valence-electron chi connectivity index (χ2n) is 9.56. The molecule has 1 aliphatic carbocycles. The third kappa shape index (κ3) is 4.26. The van der Waals surface area contributed by atoms with Crippen molar-refractivity contribution in [2.75, 3.05) is 0 Å².